The van der Waals surface area contributed by atoms with Gasteiger partial charge in [0.15, 0.2) is 26.0 Å². The molecule has 1 aliphatic heterocycles. The first-order valence-corrected chi connectivity index (χ1v) is 21.3. The van der Waals surface area contributed by atoms with Crippen LogP contribution in [-0.4, -0.2) is 64.8 Å². The second-order valence-electron chi connectivity index (χ2n) is 17.6. The van der Waals surface area contributed by atoms with Crippen LogP contribution in [0.1, 0.15) is 96.9 Å². The number of hydrogen-bond acceptors (Lipinski definition) is 7. The summed E-state index contributed by atoms with van der Waals surface area (Å²) in [6.07, 6.45) is 8.08. The van der Waals surface area contributed by atoms with Crippen molar-refractivity contribution >= 4 is 20.2 Å². The van der Waals surface area contributed by atoms with E-state index in [1.807, 2.05) is 10.9 Å². The predicted molar refractivity (Wildman–Crippen MR) is 188 cm³/mol. The van der Waals surface area contributed by atoms with Crippen LogP contribution in [0.2, 0.25) is 18.1 Å². The van der Waals surface area contributed by atoms with Gasteiger partial charge in [0.05, 0.1) is 43.0 Å². The number of nitrogens with zero attached hydrogens (tertiary/aromatic N) is 2. The molecule has 49 heavy (non-hydrogen) atoms. The molecule has 1 aromatic carbocycles. The molecule has 4 fully saturated rings. The lowest BCUT2D eigenvalue weighted by Crippen LogP contribution is -2.64. The van der Waals surface area contributed by atoms with Gasteiger partial charge in [-0.3, -0.25) is 4.79 Å². The number of allylic oxidation sites excluding steroid dienone is 1. The Morgan fingerprint density at radius 2 is 2.00 bits per heavy atom. The van der Waals surface area contributed by atoms with E-state index < -0.39 is 37.5 Å². The van der Waals surface area contributed by atoms with Gasteiger partial charge in [-0.1, -0.05) is 53.5 Å². The molecule has 1 aromatic heterocycles. The van der Waals surface area contributed by atoms with Crippen molar-refractivity contribution in [1.29, 1.82) is 0 Å². The summed E-state index contributed by atoms with van der Waals surface area (Å²) in [6, 6.07) is 4.72. The summed E-state index contributed by atoms with van der Waals surface area (Å²) in [7, 11) is -2.20. The van der Waals surface area contributed by atoms with E-state index in [-0.39, 0.29) is 58.9 Å². The zero-order valence-corrected chi connectivity index (χ0v) is 31.5. The Kier molecular flexibility index (Phi) is 8.56. The molecule has 10 heteroatoms. The summed E-state index contributed by atoms with van der Waals surface area (Å²) in [6.45, 7) is 17.1. The molecule has 9 atom stereocenters. The largest absolute Gasteiger partial charge is 0.409 e. The van der Waals surface area contributed by atoms with Gasteiger partial charge in [-0.2, -0.15) is 5.10 Å². The van der Waals surface area contributed by atoms with Crippen LogP contribution in [0.25, 0.3) is 11.8 Å². The van der Waals surface area contributed by atoms with Crippen molar-refractivity contribution in [3.05, 3.63) is 52.6 Å². The minimum Gasteiger partial charge on any atom is -0.409 e. The second kappa shape index (κ2) is 11.9. The van der Waals surface area contributed by atoms with E-state index in [2.05, 4.69) is 60.7 Å². The van der Waals surface area contributed by atoms with Crippen LogP contribution in [0.3, 0.4) is 0 Å². The summed E-state index contributed by atoms with van der Waals surface area (Å²) in [5, 5.41) is 26.7. The van der Waals surface area contributed by atoms with E-state index in [0.717, 1.165) is 49.8 Å². The molecule has 2 N–H and O–H groups in total. The first-order valence-electron chi connectivity index (χ1n) is 18.4. The molecule has 4 aliphatic carbocycles. The van der Waals surface area contributed by atoms with Crippen LogP contribution in [0, 0.1) is 34.4 Å². The Balaban J connectivity index is 1.21. The van der Waals surface area contributed by atoms with Crippen molar-refractivity contribution in [2.75, 3.05) is 6.61 Å². The van der Waals surface area contributed by atoms with Gasteiger partial charge in [-0.25, -0.2) is 9.07 Å². The average Bonchev–Trinajstić information content (AvgIpc) is 3.67. The van der Waals surface area contributed by atoms with Crippen molar-refractivity contribution in [2.24, 2.45) is 28.6 Å². The molecule has 5 aliphatic rings. The number of aromatic nitrogens is 2. The zero-order valence-electron chi connectivity index (χ0n) is 30.5. The van der Waals surface area contributed by atoms with Crippen molar-refractivity contribution in [1.82, 2.24) is 9.78 Å². The first-order chi connectivity index (χ1) is 23.0. The molecule has 3 saturated carbocycles. The Labute approximate surface area is 291 Å². The molecular formula is C39H55FN2O6Si. The molecule has 1 unspecified atom stereocenters. The zero-order chi connectivity index (χ0) is 35.3. The molecular weight excluding hydrogens is 640 g/mol. The number of rotatable bonds is 8. The highest BCUT2D eigenvalue weighted by Crippen LogP contribution is 2.70. The number of Topliss-reactive ketones (excluding diaryl/α,β-unsaturated/α-hetero) is 1. The Hall–Kier alpha value is -2.21. The average molecular weight is 695 g/mol. The molecule has 8 nitrogen and oxygen atoms in total. The molecule has 0 bridgehead atoms. The van der Waals surface area contributed by atoms with E-state index in [0.29, 0.717) is 12.1 Å². The number of carbonyl (C=O) groups is 1. The maximum atomic E-state index is 14.7. The second-order valence-corrected chi connectivity index (χ2v) is 22.4. The summed E-state index contributed by atoms with van der Waals surface area (Å²) in [5.74, 6) is -0.1000. The highest BCUT2D eigenvalue weighted by molar-refractivity contribution is 6.74. The third-order valence-electron chi connectivity index (χ3n) is 14.0. The number of hydrogen-bond donors (Lipinski definition) is 2. The van der Waals surface area contributed by atoms with Gasteiger partial charge < -0.3 is 24.1 Å². The van der Waals surface area contributed by atoms with Gasteiger partial charge in [0, 0.05) is 11.0 Å². The standard InChI is InChI=1S/C39H55FN2O6Si/c1-9-10-34-47-33-17-28-27-13-11-25-16-30-24(20-41-42(30)26-12-14-29(40)23(15-26)21-43)18-37(25,5)35(27)31(44)19-38(28,6)39(33,48-34)32(45)22-46-49(7,8)36(2,3)4/h12,14-16,20,27-28,31,33-35,43-44H,9-11,13,17-19,21-22H2,1-8H3/t27-,28-,31-,33+,34?,35+,37-,38-,39+/m0/s1. The van der Waals surface area contributed by atoms with Crippen molar-refractivity contribution in [3.8, 4) is 5.69 Å². The van der Waals surface area contributed by atoms with E-state index in [1.165, 1.54) is 11.6 Å². The van der Waals surface area contributed by atoms with Gasteiger partial charge in [0.2, 0.25) is 0 Å². The fraction of sp³-hybridized carbons (Fsp3) is 0.692. The van der Waals surface area contributed by atoms with Gasteiger partial charge >= 0.3 is 0 Å². The van der Waals surface area contributed by atoms with Crippen molar-refractivity contribution < 1.29 is 33.3 Å². The monoisotopic (exact) mass is 694 g/mol. The summed E-state index contributed by atoms with van der Waals surface area (Å²) in [4.78, 5) is 14.7. The molecule has 0 spiro atoms. The van der Waals surface area contributed by atoms with E-state index in [4.69, 9.17) is 19.0 Å². The third-order valence-corrected chi connectivity index (χ3v) is 18.5. The topological polar surface area (TPSA) is 103 Å². The molecule has 2 aromatic rings. The molecule has 1 saturated heterocycles. The van der Waals surface area contributed by atoms with Crippen LogP contribution in [0.5, 0.6) is 0 Å². The Morgan fingerprint density at radius 1 is 1.24 bits per heavy atom. The number of halogens is 1. The molecule has 7 rings (SSSR count). The summed E-state index contributed by atoms with van der Waals surface area (Å²) < 4.78 is 36.1. The van der Waals surface area contributed by atoms with Crippen LogP contribution in [0.4, 0.5) is 4.39 Å². The Bertz CT molecular complexity index is 1670. The number of fused-ring (bicyclic) bond motifs is 8. The minimum atomic E-state index is -2.20. The highest BCUT2D eigenvalue weighted by Gasteiger charge is 2.76. The number of aliphatic hydroxyl groups is 2. The number of ether oxygens (including phenoxy) is 2. The third kappa shape index (κ3) is 5.13. The molecule has 2 heterocycles. The van der Waals surface area contributed by atoms with Crippen molar-refractivity contribution in [2.45, 2.75) is 135 Å². The summed E-state index contributed by atoms with van der Waals surface area (Å²) in [5.41, 5.74) is 2.29. The van der Waals surface area contributed by atoms with E-state index >= 15 is 0 Å². The lowest BCUT2D eigenvalue weighted by molar-refractivity contribution is -0.202. The molecule has 0 amide bonds. The SMILES string of the molecule is CCCC1O[C@@H]2C[C@H]3[C@@H]4CCC5=Cc6c(cnn6-c6ccc(F)c(CO)c6)C[C@]5(C)[C@H]4[C@@H](O)C[C@]3(C)[C@]2(C(=O)CO[Si](C)(C)C(C)(C)C)O1. The van der Waals surface area contributed by atoms with Crippen LogP contribution in [-0.2, 0) is 31.7 Å². The maximum absolute atomic E-state index is 14.7. The van der Waals surface area contributed by atoms with Crippen LogP contribution in [0.15, 0.2) is 30.0 Å². The number of ketones is 1. The Morgan fingerprint density at radius 3 is 2.69 bits per heavy atom. The lowest BCUT2D eigenvalue weighted by atomic mass is 9.45. The van der Waals surface area contributed by atoms with Gasteiger partial charge in [0.1, 0.15) is 5.82 Å². The predicted octanol–water partition coefficient (Wildman–Crippen LogP) is 7.14. The fourth-order valence-corrected chi connectivity index (χ4v) is 11.4. The lowest BCUT2D eigenvalue weighted by Gasteiger charge is -2.60. The van der Waals surface area contributed by atoms with Crippen LogP contribution < -0.4 is 0 Å². The summed E-state index contributed by atoms with van der Waals surface area (Å²) >= 11 is 0. The quantitative estimate of drug-likeness (QED) is 0.283. The van der Waals surface area contributed by atoms with Gasteiger partial charge in [-0.05, 0) is 110 Å². The molecule has 268 valence electrons. The van der Waals surface area contributed by atoms with E-state index in [1.54, 1.807) is 12.1 Å². The first kappa shape index (κ1) is 35.2. The van der Waals surface area contributed by atoms with Crippen molar-refractivity contribution in [3.63, 3.8) is 0 Å². The molecule has 0 radical (unpaired) electrons. The van der Waals surface area contributed by atoms with Crippen LogP contribution >= 0.6 is 0 Å². The minimum absolute atomic E-state index is 0.00686. The maximum Gasteiger partial charge on any atom is 0.192 e. The number of benzene rings is 1. The van der Waals surface area contributed by atoms with Gasteiger partial charge in [0.25, 0.3) is 0 Å². The number of aliphatic hydroxyl groups excluding tert-OH is 2. The highest BCUT2D eigenvalue weighted by atomic mass is 28.4. The van der Waals surface area contributed by atoms with Gasteiger partial charge in [-0.15, -0.1) is 0 Å². The number of carbonyl (C=O) groups excluding carboxylic acids is 1. The smallest absolute Gasteiger partial charge is 0.192 e. The fourth-order valence-electron chi connectivity index (χ4n) is 10.5. The van der Waals surface area contributed by atoms with E-state index in [9.17, 15) is 19.4 Å². The normalized spacial score (nSPS) is 36.8.